The minimum Gasteiger partial charge on any atom is -0.379 e. The summed E-state index contributed by atoms with van der Waals surface area (Å²) in [7, 11) is 0. The molecule has 22 heavy (non-hydrogen) atoms. The molecule has 116 valence electrons. The average Bonchev–Trinajstić information content (AvgIpc) is 3.18. The van der Waals surface area contributed by atoms with Crippen molar-refractivity contribution in [2.24, 2.45) is 5.92 Å². The number of halogens is 4. The highest BCUT2D eigenvalue weighted by molar-refractivity contribution is 14.1. The Kier molecular flexibility index (Phi) is 3.79. The molecule has 0 N–H and O–H groups in total. The van der Waals surface area contributed by atoms with Crippen LogP contribution in [0.5, 0.6) is 0 Å². The number of hydrogen-bond acceptors (Lipinski definition) is 5. The summed E-state index contributed by atoms with van der Waals surface area (Å²) in [6, 6.07) is -0.218. The van der Waals surface area contributed by atoms with Gasteiger partial charge in [-0.25, -0.2) is 14.4 Å². The van der Waals surface area contributed by atoms with Gasteiger partial charge in [-0.05, 0) is 34.2 Å². The number of rotatable bonds is 1. The maximum absolute atomic E-state index is 14.0. The summed E-state index contributed by atoms with van der Waals surface area (Å²) in [6.45, 7) is 1.53. The van der Waals surface area contributed by atoms with Gasteiger partial charge in [0.1, 0.15) is 17.1 Å². The molecule has 0 aromatic carbocycles. The first-order valence-electron chi connectivity index (χ1n) is 6.73. The van der Waals surface area contributed by atoms with Crippen molar-refractivity contribution >= 4 is 62.5 Å². The molecule has 3 heterocycles. The molecule has 2 fully saturated rings. The molecule has 0 radical (unpaired) electrons. The maximum Gasteiger partial charge on any atom is 0.224 e. The Labute approximate surface area is 149 Å². The minimum absolute atomic E-state index is 0.106. The molecule has 1 aliphatic heterocycles. The highest BCUT2D eigenvalue weighted by Crippen LogP contribution is 2.44. The smallest absolute Gasteiger partial charge is 0.224 e. The van der Waals surface area contributed by atoms with E-state index in [2.05, 4.69) is 37.5 Å². The van der Waals surface area contributed by atoms with Gasteiger partial charge in [-0.15, -0.1) is 0 Å². The van der Waals surface area contributed by atoms with Crippen LogP contribution in [0.25, 0.3) is 10.9 Å². The first-order chi connectivity index (χ1) is 10.6. The zero-order chi connectivity index (χ0) is 15.4. The number of fused-ring (bicyclic) bond motifs is 2. The molecule has 9 heteroatoms. The van der Waals surface area contributed by atoms with Crippen molar-refractivity contribution in [3.63, 3.8) is 0 Å². The number of anilines is 1. The fraction of sp³-hybridized carbons (Fsp3) is 0.462. The van der Waals surface area contributed by atoms with Gasteiger partial charge in [0, 0.05) is 18.7 Å². The summed E-state index contributed by atoms with van der Waals surface area (Å²) in [4.78, 5) is 14.6. The van der Waals surface area contributed by atoms with E-state index in [4.69, 9.17) is 27.9 Å². The van der Waals surface area contributed by atoms with Crippen molar-refractivity contribution in [1.29, 1.82) is 0 Å². The molecule has 4 rings (SSSR count). The molecule has 2 aliphatic rings. The van der Waals surface area contributed by atoms with Crippen LogP contribution in [0.3, 0.4) is 0 Å². The predicted octanol–water partition coefficient (Wildman–Crippen LogP) is 3.11. The van der Waals surface area contributed by atoms with Crippen molar-refractivity contribution in [3.8, 4) is 0 Å². The van der Waals surface area contributed by atoms with Crippen LogP contribution in [0, 0.1) is 9.49 Å². The Balaban J connectivity index is 1.89. The lowest BCUT2D eigenvalue weighted by Crippen LogP contribution is -2.31. The summed E-state index contributed by atoms with van der Waals surface area (Å²) in [5, 5.41) is 1.19. The molecular formula is C13H10Cl2FIN4O. The van der Waals surface area contributed by atoms with E-state index in [1.165, 1.54) is 0 Å². The topological polar surface area (TPSA) is 51.1 Å². The first kappa shape index (κ1) is 15.0. The molecule has 1 saturated heterocycles. The first-order valence-corrected chi connectivity index (χ1v) is 8.57. The summed E-state index contributed by atoms with van der Waals surface area (Å²) >= 11 is 14.2. The zero-order valence-electron chi connectivity index (χ0n) is 11.1. The van der Waals surface area contributed by atoms with E-state index in [0.717, 1.165) is 5.39 Å². The molecule has 2 aromatic heterocycles. The van der Waals surface area contributed by atoms with E-state index in [1.807, 2.05) is 4.90 Å². The molecule has 0 bridgehead atoms. The highest BCUT2D eigenvalue weighted by Gasteiger charge is 2.56. The van der Waals surface area contributed by atoms with Crippen molar-refractivity contribution in [2.45, 2.75) is 12.2 Å². The van der Waals surface area contributed by atoms with E-state index in [1.54, 1.807) is 6.20 Å². The molecule has 0 amide bonds. The lowest BCUT2D eigenvalue weighted by Gasteiger charge is -2.23. The quantitative estimate of drug-likeness (QED) is 0.376. The molecule has 1 unspecified atom stereocenters. The summed E-state index contributed by atoms with van der Waals surface area (Å²) in [5.41, 5.74) is 0.633. The van der Waals surface area contributed by atoms with Gasteiger partial charge >= 0.3 is 0 Å². The minimum atomic E-state index is -0.900. The van der Waals surface area contributed by atoms with Crippen molar-refractivity contribution < 1.29 is 9.13 Å². The third-order valence-electron chi connectivity index (χ3n) is 4.05. The van der Waals surface area contributed by atoms with E-state index < -0.39 is 6.17 Å². The largest absolute Gasteiger partial charge is 0.379 e. The fourth-order valence-electron chi connectivity index (χ4n) is 2.90. The van der Waals surface area contributed by atoms with Gasteiger partial charge in [0.15, 0.2) is 0 Å². The van der Waals surface area contributed by atoms with Crippen LogP contribution in [0.1, 0.15) is 0 Å². The number of ether oxygens (including phenoxy) is 1. The number of aromatic nitrogens is 3. The number of pyridine rings is 1. The van der Waals surface area contributed by atoms with Crippen LogP contribution in [0.4, 0.5) is 10.2 Å². The Hall–Kier alpha value is -0.510. The van der Waals surface area contributed by atoms with Crippen LogP contribution >= 0.6 is 45.8 Å². The Morgan fingerprint density at radius 2 is 2.18 bits per heavy atom. The molecule has 1 saturated carbocycles. The molecule has 2 aromatic rings. The molecular weight excluding hydrogens is 445 g/mol. The van der Waals surface area contributed by atoms with Crippen LogP contribution < -0.4 is 4.90 Å². The van der Waals surface area contributed by atoms with Gasteiger partial charge in [-0.3, -0.25) is 0 Å². The number of alkyl halides is 1. The number of nitrogens with zero attached hydrogens (tertiary/aromatic N) is 4. The third kappa shape index (κ3) is 2.33. The van der Waals surface area contributed by atoms with Crippen molar-refractivity contribution in [2.75, 3.05) is 24.7 Å². The van der Waals surface area contributed by atoms with Crippen LogP contribution in [-0.4, -0.2) is 46.9 Å². The third-order valence-corrected chi connectivity index (χ3v) is 5.84. The maximum atomic E-state index is 14.0. The summed E-state index contributed by atoms with van der Waals surface area (Å²) < 4.78 is 20.2. The van der Waals surface area contributed by atoms with Crippen molar-refractivity contribution in [3.05, 3.63) is 20.2 Å². The summed E-state index contributed by atoms with van der Waals surface area (Å²) in [6.07, 6.45) is 0.713. The summed E-state index contributed by atoms with van der Waals surface area (Å²) in [5.74, 6) is 0.489. The Bertz CT molecular complexity index is 764. The second-order valence-electron chi connectivity index (χ2n) is 5.31. The van der Waals surface area contributed by atoms with Gasteiger partial charge in [0.05, 0.1) is 33.7 Å². The molecule has 0 spiro atoms. The SMILES string of the molecule is F[C@H]1C2COCCN(c3nc(Cl)nc4c(I)c(Cl)ncc34)[C@@H]21. The molecule has 1 aliphatic carbocycles. The van der Waals surface area contributed by atoms with Gasteiger partial charge in [-0.2, -0.15) is 4.98 Å². The normalized spacial score (nSPS) is 27.6. The lowest BCUT2D eigenvalue weighted by atomic mass is 10.2. The predicted molar refractivity (Wildman–Crippen MR) is 90.4 cm³/mol. The highest BCUT2D eigenvalue weighted by atomic mass is 127. The van der Waals surface area contributed by atoms with Gasteiger partial charge in [0.2, 0.25) is 5.28 Å². The van der Waals surface area contributed by atoms with Gasteiger partial charge in [0.25, 0.3) is 0 Å². The Morgan fingerprint density at radius 3 is 3.00 bits per heavy atom. The van der Waals surface area contributed by atoms with E-state index >= 15 is 0 Å². The van der Waals surface area contributed by atoms with Crippen molar-refractivity contribution in [1.82, 2.24) is 15.0 Å². The van der Waals surface area contributed by atoms with Crippen LogP contribution in [0.15, 0.2) is 6.20 Å². The van der Waals surface area contributed by atoms with Crippen LogP contribution in [-0.2, 0) is 4.74 Å². The molecule has 5 nitrogen and oxygen atoms in total. The standard InChI is InChI=1S/C13H10Cl2FIN4O/c14-11-8(17)9-5(3-18-11)12(20-13(15)19-9)21-1-2-22-4-6-7(16)10(6)21/h3,6-7,10H,1-2,4H2/t6?,7-,10-/m0/s1. The second-order valence-corrected chi connectivity index (χ2v) is 7.08. The fourth-order valence-corrected chi connectivity index (χ4v) is 3.75. The number of hydrogen-bond donors (Lipinski definition) is 0. The van der Waals surface area contributed by atoms with E-state index in [-0.39, 0.29) is 17.2 Å². The lowest BCUT2D eigenvalue weighted by molar-refractivity contribution is 0.131. The molecule has 3 atom stereocenters. The Morgan fingerprint density at radius 1 is 1.36 bits per heavy atom. The van der Waals surface area contributed by atoms with Crippen LogP contribution in [0.2, 0.25) is 10.4 Å². The second kappa shape index (κ2) is 5.54. The van der Waals surface area contributed by atoms with Gasteiger partial charge < -0.3 is 9.64 Å². The monoisotopic (exact) mass is 454 g/mol. The van der Waals surface area contributed by atoms with E-state index in [9.17, 15) is 4.39 Å². The zero-order valence-corrected chi connectivity index (χ0v) is 14.8. The van der Waals surface area contributed by atoms with Gasteiger partial charge in [-0.1, -0.05) is 11.6 Å². The van der Waals surface area contributed by atoms with E-state index in [0.29, 0.717) is 39.8 Å². The average molecular weight is 455 g/mol.